The second-order valence-corrected chi connectivity index (χ2v) is 14.6. The molecule has 2 atom stereocenters. The van der Waals surface area contributed by atoms with Crippen LogP contribution in [0.1, 0.15) is 31.9 Å². The van der Waals surface area contributed by atoms with Crippen LogP contribution in [0.3, 0.4) is 0 Å². The number of nitrogens with zero attached hydrogens (tertiary/aromatic N) is 1. The normalized spacial score (nSPS) is 18.1. The summed E-state index contributed by atoms with van der Waals surface area (Å²) in [6, 6.07) is 21.6. The topological polar surface area (TPSA) is 21.7 Å². The van der Waals surface area contributed by atoms with Gasteiger partial charge >= 0.3 is 0 Å². The molecule has 0 radical (unpaired) electrons. The first kappa shape index (κ1) is 23.0. The summed E-state index contributed by atoms with van der Waals surface area (Å²) in [5, 5.41) is 0.188. The van der Waals surface area contributed by atoms with Gasteiger partial charge in [-0.25, -0.2) is 0 Å². The zero-order valence-corrected chi connectivity index (χ0v) is 20.2. The van der Waals surface area contributed by atoms with Gasteiger partial charge in [0.05, 0.1) is 25.4 Å². The summed E-state index contributed by atoms with van der Waals surface area (Å²) in [5.41, 5.74) is 2.63. The quantitative estimate of drug-likeness (QED) is 0.363. The Labute approximate surface area is 183 Å². The van der Waals surface area contributed by atoms with Crippen LogP contribution < -0.4 is 0 Å². The van der Waals surface area contributed by atoms with Gasteiger partial charge in [-0.3, -0.25) is 4.90 Å². The maximum atomic E-state index is 6.71. The van der Waals surface area contributed by atoms with E-state index in [1.807, 2.05) is 0 Å². The zero-order valence-electron chi connectivity index (χ0n) is 19.2. The third kappa shape index (κ3) is 6.14. The fraction of sp³-hybridized carbons (Fsp3) is 0.462. The van der Waals surface area contributed by atoms with Crippen molar-refractivity contribution in [2.75, 3.05) is 13.2 Å². The molecule has 0 fully saturated rings. The van der Waals surface area contributed by atoms with Crippen LogP contribution in [0.4, 0.5) is 0 Å². The van der Waals surface area contributed by atoms with Crippen LogP contribution in [0.2, 0.25) is 18.1 Å². The van der Waals surface area contributed by atoms with Gasteiger partial charge in [0.2, 0.25) is 0 Å². The maximum Gasteiger partial charge on any atom is 0.192 e. The van der Waals surface area contributed by atoms with Crippen molar-refractivity contribution in [3.63, 3.8) is 0 Å². The molecule has 0 aliphatic carbocycles. The van der Waals surface area contributed by atoms with Crippen LogP contribution in [0.25, 0.3) is 0 Å². The van der Waals surface area contributed by atoms with E-state index in [-0.39, 0.29) is 17.2 Å². The van der Waals surface area contributed by atoms with Crippen molar-refractivity contribution in [1.82, 2.24) is 4.90 Å². The standard InChI is InChI=1S/C26H37NO2Si/c1-26(2,3)30(4,5)29-21-24(25-17-12-18-28-25)27(19-22-13-8-6-9-14-22)20-23-15-10-7-11-16-23/h6-17,24-25H,18-21H2,1-5H3/t24-,25-/m0/s1. The highest BCUT2D eigenvalue weighted by Gasteiger charge is 2.39. The summed E-state index contributed by atoms with van der Waals surface area (Å²) >= 11 is 0. The Balaban J connectivity index is 1.86. The van der Waals surface area contributed by atoms with Gasteiger partial charge in [-0.05, 0) is 29.3 Å². The first-order valence-corrected chi connectivity index (χ1v) is 13.9. The number of benzene rings is 2. The highest BCUT2D eigenvalue weighted by molar-refractivity contribution is 6.74. The Hall–Kier alpha value is -1.72. The number of rotatable bonds is 9. The number of ether oxygens (including phenoxy) is 1. The monoisotopic (exact) mass is 423 g/mol. The van der Waals surface area contributed by atoms with Crippen molar-refractivity contribution in [2.45, 2.75) is 64.1 Å². The van der Waals surface area contributed by atoms with E-state index in [1.165, 1.54) is 11.1 Å². The van der Waals surface area contributed by atoms with E-state index >= 15 is 0 Å². The van der Waals surface area contributed by atoms with E-state index in [9.17, 15) is 0 Å². The van der Waals surface area contributed by atoms with Crippen molar-refractivity contribution in [3.05, 3.63) is 83.9 Å². The summed E-state index contributed by atoms with van der Waals surface area (Å²) < 4.78 is 12.8. The van der Waals surface area contributed by atoms with E-state index in [0.717, 1.165) is 13.1 Å². The average molecular weight is 424 g/mol. The molecule has 1 aliphatic heterocycles. The van der Waals surface area contributed by atoms with Crippen LogP contribution >= 0.6 is 0 Å². The van der Waals surface area contributed by atoms with Gasteiger partial charge in [0.1, 0.15) is 0 Å². The molecule has 0 amide bonds. The minimum absolute atomic E-state index is 0.0576. The molecule has 0 saturated heterocycles. The zero-order chi connectivity index (χ0) is 21.6. The van der Waals surface area contributed by atoms with Gasteiger partial charge < -0.3 is 9.16 Å². The van der Waals surface area contributed by atoms with E-state index in [0.29, 0.717) is 13.2 Å². The lowest BCUT2D eigenvalue weighted by Gasteiger charge is -2.40. The summed E-state index contributed by atoms with van der Waals surface area (Å²) in [6.45, 7) is 14.7. The number of hydrogen-bond donors (Lipinski definition) is 0. The Morgan fingerprint density at radius 3 is 1.93 bits per heavy atom. The average Bonchev–Trinajstić information content (AvgIpc) is 3.23. The second-order valence-electron chi connectivity index (χ2n) is 9.74. The van der Waals surface area contributed by atoms with Gasteiger partial charge in [-0.2, -0.15) is 0 Å². The summed E-state index contributed by atoms with van der Waals surface area (Å²) in [7, 11) is -1.85. The minimum Gasteiger partial charge on any atom is -0.415 e. The second kappa shape index (κ2) is 10.1. The molecule has 3 nitrogen and oxygen atoms in total. The predicted octanol–water partition coefficient (Wildman–Crippen LogP) is 6.03. The van der Waals surface area contributed by atoms with Gasteiger partial charge in [-0.15, -0.1) is 0 Å². The van der Waals surface area contributed by atoms with Crippen LogP contribution in [0, 0.1) is 0 Å². The SMILES string of the molecule is CC(C)(C)[Si](C)(C)OC[C@@H]([C@@H]1C=CCO1)N(Cc1ccccc1)Cc1ccccc1. The maximum absolute atomic E-state index is 6.71. The van der Waals surface area contributed by atoms with Crippen molar-refractivity contribution in [1.29, 1.82) is 0 Å². The molecule has 0 spiro atoms. The van der Waals surface area contributed by atoms with Crippen molar-refractivity contribution in [3.8, 4) is 0 Å². The molecule has 30 heavy (non-hydrogen) atoms. The van der Waals surface area contributed by atoms with E-state index in [4.69, 9.17) is 9.16 Å². The van der Waals surface area contributed by atoms with E-state index in [2.05, 4.69) is 112 Å². The Morgan fingerprint density at radius 1 is 0.967 bits per heavy atom. The fourth-order valence-corrected chi connectivity index (χ4v) is 4.52. The molecule has 0 aromatic heterocycles. The third-order valence-corrected chi connectivity index (χ3v) is 10.9. The van der Waals surface area contributed by atoms with Gasteiger partial charge in [0, 0.05) is 13.1 Å². The van der Waals surface area contributed by atoms with Gasteiger partial charge in [0.25, 0.3) is 0 Å². The molecular formula is C26H37NO2Si. The van der Waals surface area contributed by atoms with Crippen LogP contribution in [-0.4, -0.2) is 38.6 Å². The molecule has 0 bridgehead atoms. The van der Waals surface area contributed by atoms with Crippen molar-refractivity contribution < 1.29 is 9.16 Å². The largest absolute Gasteiger partial charge is 0.415 e. The Bertz CT molecular complexity index is 757. The minimum atomic E-state index is -1.85. The smallest absolute Gasteiger partial charge is 0.192 e. The molecule has 4 heteroatoms. The first-order valence-electron chi connectivity index (χ1n) is 11.0. The van der Waals surface area contributed by atoms with Crippen LogP contribution in [0.15, 0.2) is 72.8 Å². The molecule has 3 rings (SSSR count). The van der Waals surface area contributed by atoms with Gasteiger partial charge in [-0.1, -0.05) is 93.6 Å². The summed E-state index contributed by atoms with van der Waals surface area (Å²) in [5.74, 6) is 0. The predicted molar refractivity (Wildman–Crippen MR) is 128 cm³/mol. The third-order valence-electron chi connectivity index (χ3n) is 6.44. The molecule has 1 heterocycles. The molecule has 1 aliphatic rings. The highest BCUT2D eigenvalue weighted by Crippen LogP contribution is 2.37. The molecule has 162 valence electrons. The Morgan fingerprint density at radius 2 is 1.50 bits per heavy atom. The highest BCUT2D eigenvalue weighted by atomic mass is 28.4. The lowest BCUT2D eigenvalue weighted by atomic mass is 10.1. The molecule has 0 unspecified atom stereocenters. The van der Waals surface area contributed by atoms with Crippen LogP contribution in [0.5, 0.6) is 0 Å². The lowest BCUT2D eigenvalue weighted by Crippen LogP contribution is -2.50. The summed E-state index contributed by atoms with van der Waals surface area (Å²) in [6.07, 6.45) is 4.40. The van der Waals surface area contributed by atoms with Gasteiger partial charge in [0.15, 0.2) is 8.32 Å². The van der Waals surface area contributed by atoms with E-state index < -0.39 is 8.32 Å². The van der Waals surface area contributed by atoms with Crippen LogP contribution in [-0.2, 0) is 22.3 Å². The molecular weight excluding hydrogens is 386 g/mol. The molecule has 2 aromatic carbocycles. The van der Waals surface area contributed by atoms with Crippen molar-refractivity contribution in [2.24, 2.45) is 0 Å². The summed E-state index contributed by atoms with van der Waals surface area (Å²) in [4.78, 5) is 2.53. The van der Waals surface area contributed by atoms with E-state index in [1.54, 1.807) is 0 Å². The van der Waals surface area contributed by atoms with Crippen molar-refractivity contribution >= 4 is 8.32 Å². The molecule has 0 saturated carbocycles. The molecule has 0 N–H and O–H groups in total. The Kier molecular flexibility index (Phi) is 7.69. The fourth-order valence-electron chi connectivity index (χ4n) is 3.50. The lowest BCUT2D eigenvalue weighted by molar-refractivity contribution is 0.00585. The first-order chi connectivity index (χ1) is 14.3. The molecule has 2 aromatic rings. The number of hydrogen-bond acceptors (Lipinski definition) is 3.